The van der Waals surface area contributed by atoms with Crippen LogP contribution in [0.1, 0.15) is 5.69 Å². The molecule has 0 bridgehead atoms. The summed E-state index contributed by atoms with van der Waals surface area (Å²) in [6, 6.07) is 1.64. The lowest BCUT2D eigenvalue weighted by Gasteiger charge is -1.92. The van der Waals surface area contributed by atoms with E-state index in [4.69, 9.17) is 0 Å². The molecule has 0 aliphatic rings. The van der Waals surface area contributed by atoms with Gasteiger partial charge >= 0.3 is 0 Å². The number of pyridine rings is 1. The van der Waals surface area contributed by atoms with E-state index in [-0.39, 0.29) is 5.69 Å². The van der Waals surface area contributed by atoms with Crippen LogP contribution in [0.3, 0.4) is 0 Å². The van der Waals surface area contributed by atoms with Crippen LogP contribution < -0.4 is 0 Å². The van der Waals surface area contributed by atoms with Gasteiger partial charge in [0.2, 0.25) is 0 Å². The molecule has 0 spiro atoms. The van der Waals surface area contributed by atoms with Crippen molar-refractivity contribution >= 4 is 16.6 Å². The predicted molar refractivity (Wildman–Crippen MR) is 47.5 cm³/mol. The van der Waals surface area contributed by atoms with Crippen molar-refractivity contribution in [2.45, 2.75) is 6.92 Å². The topological polar surface area (TPSA) is 71.8 Å². The average Bonchev–Trinajstić information content (AvgIpc) is 2.48. The van der Waals surface area contributed by atoms with Crippen molar-refractivity contribution in [1.82, 2.24) is 9.97 Å². The molecule has 0 fully saturated rings. The van der Waals surface area contributed by atoms with Crippen LogP contribution >= 0.6 is 0 Å². The van der Waals surface area contributed by atoms with Gasteiger partial charge in [-0.25, -0.2) is 0 Å². The monoisotopic (exact) mass is 177 g/mol. The Morgan fingerprint density at radius 1 is 1.62 bits per heavy atom. The second kappa shape index (κ2) is 2.55. The Bertz CT molecular complexity index is 475. The van der Waals surface area contributed by atoms with Crippen LogP contribution in [0.2, 0.25) is 0 Å². The summed E-state index contributed by atoms with van der Waals surface area (Å²) < 4.78 is 0. The Labute approximate surface area is 73.6 Å². The first kappa shape index (κ1) is 7.72. The van der Waals surface area contributed by atoms with Crippen LogP contribution in [-0.2, 0) is 0 Å². The molecule has 5 heteroatoms. The highest BCUT2D eigenvalue weighted by molar-refractivity contribution is 5.89. The molecule has 2 rings (SSSR count). The Kier molecular flexibility index (Phi) is 1.51. The zero-order chi connectivity index (χ0) is 9.42. The number of nitrogens with one attached hydrogen (secondary N) is 1. The van der Waals surface area contributed by atoms with E-state index in [1.807, 2.05) is 6.92 Å². The molecule has 0 aliphatic carbocycles. The van der Waals surface area contributed by atoms with Crippen molar-refractivity contribution in [3.8, 4) is 0 Å². The van der Waals surface area contributed by atoms with E-state index < -0.39 is 4.92 Å². The molecule has 1 N–H and O–H groups in total. The first-order valence-corrected chi connectivity index (χ1v) is 3.77. The lowest BCUT2D eigenvalue weighted by atomic mass is 10.2. The highest BCUT2D eigenvalue weighted by Gasteiger charge is 2.14. The maximum Gasteiger partial charge on any atom is 0.294 e. The molecule has 5 nitrogen and oxygen atoms in total. The van der Waals surface area contributed by atoms with E-state index in [1.165, 1.54) is 6.20 Å². The standard InChI is InChI=1S/C8H7N3O2/c1-5-8-6(2-3-9-5)7(4-10-8)11(12)13/h2-4,10H,1H3. The third-order valence-electron chi connectivity index (χ3n) is 1.97. The van der Waals surface area contributed by atoms with E-state index in [1.54, 1.807) is 12.3 Å². The fraction of sp³-hybridized carbons (Fsp3) is 0.125. The first-order valence-electron chi connectivity index (χ1n) is 3.77. The van der Waals surface area contributed by atoms with Crippen LogP contribution in [0.5, 0.6) is 0 Å². The summed E-state index contributed by atoms with van der Waals surface area (Å²) in [6.07, 6.45) is 2.96. The Morgan fingerprint density at radius 2 is 2.38 bits per heavy atom. The molecule has 13 heavy (non-hydrogen) atoms. The lowest BCUT2D eigenvalue weighted by Crippen LogP contribution is -1.86. The Hall–Kier alpha value is -1.91. The van der Waals surface area contributed by atoms with Crippen LogP contribution in [0.15, 0.2) is 18.5 Å². The molecule has 66 valence electrons. The van der Waals surface area contributed by atoms with Crippen LogP contribution in [0.25, 0.3) is 10.9 Å². The number of aryl methyl sites for hydroxylation is 1. The SMILES string of the molecule is Cc1nccc2c([N+](=O)[O-])c[nH]c12. The maximum atomic E-state index is 10.6. The van der Waals surface area contributed by atoms with E-state index in [9.17, 15) is 10.1 Å². The normalized spacial score (nSPS) is 10.5. The highest BCUT2D eigenvalue weighted by atomic mass is 16.6. The summed E-state index contributed by atoms with van der Waals surface area (Å²) in [6.45, 7) is 1.81. The number of fused-ring (bicyclic) bond motifs is 1. The van der Waals surface area contributed by atoms with Crippen LogP contribution in [-0.4, -0.2) is 14.9 Å². The minimum Gasteiger partial charge on any atom is -0.354 e. The molecule has 0 atom stereocenters. The molecule has 0 aromatic carbocycles. The highest BCUT2D eigenvalue weighted by Crippen LogP contribution is 2.25. The van der Waals surface area contributed by atoms with Gasteiger partial charge in [0.1, 0.15) is 0 Å². The van der Waals surface area contributed by atoms with Crippen molar-refractivity contribution in [2.24, 2.45) is 0 Å². The van der Waals surface area contributed by atoms with Gasteiger partial charge in [-0.2, -0.15) is 0 Å². The summed E-state index contributed by atoms with van der Waals surface area (Å²) in [4.78, 5) is 17.0. The molecule has 0 saturated carbocycles. The number of hydrogen-bond acceptors (Lipinski definition) is 3. The number of nitro groups is 1. The van der Waals surface area contributed by atoms with Gasteiger partial charge in [-0.1, -0.05) is 0 Å². The van der Waals surface area contributed by atoms with E-state index in [0.717, 1.165) is 11.2 Å². The van der Waals surface area contributed by atoms with Gasteiger partial charge in [-0.05, 0) is 13.0 Å². The maximum absolute atomic E-state index is 10.6. The third kappa shape index (κ3) is 1.05. The van der Waals surface area contributed by atoms with Gasteiger partial charge in [0.25, 0.3) is 5.69 Å². The summed E-state index contributed by atoms with van der Waals surface area (Å²) in [5, 5.41) is 11.2. The van der Waals surface area contributed by atoms with Crippen LogP contribution in [0.4, 0.5) is 5.69 Å². The molecule has 2 heterocycles. The quantitative estimate of drug-likeness (QED) is 0.533. The number of aromatic amines is 1. The molecule has 0 amide bonds. The molecular weight excluding hydrogens is 170 g/mol. The minimum atomic E-state index is -0.404. The molecular formula is C8H7N3O2. The molecule has 0 saturated heterocycles. The van der Waals surface area contributed by atoms with E-state index >= 15 is 0 Å². The summed E-state index contributed by atoms with van der Waals surface area (Å²) in [7, 11) is 0. The third-order valence-corrected chi connectivity index (χ3v) is 1.97. The number of aromatic nitrogens is 2. The van der Waals surface area contributed by atoms with Crippen molar-refractivity contribution in [3.05, 3.63) is 34.3 Å². The number of hydrogen-bond donors (Lipinski definition) is 1. The lowest BCUT2D eigenvalue weighted by molar-refractivity contribution is -0.383. The molecule has 0 aliphatic heterocycles. The fourth-order valence-electron chi connectivity index (χ4n) is 1.33. The van der Waals surface area contributed by atoms with Crippen LogP contribution in [0, 0.1) is 17.0 Å². The molecule has 0 radical (unpaired) electrons. The summed E-state index contributed by atoms with van der Waals surface area (Å²) in [5.74, 6) is 0. The Balaban J connectivity index is 2.83. The molecule has 0 unspecified atom stereocenters. The number of nitrogens with zero attached hydrogens (tertiary/aromatic N) is 2. The van der Waals surface area contributed by atoms with Gasteiger partial charge in [0.05, 0.1) is 27.7 Å². The van der Waals surface area contributed by atoms with Crippen molar-refractivity contribution < 1.29 is 4.92 Å². The second-order valence-electron chi connectivity index (χ2n) is 2.75. The predicted octanol–water partition coefficient (Wildman–Crippen LogP) is 1.78. The first-order chi connectivity index (χ1) is 6.20. The van der Waals surface area contributed by atoms with Gasteiger partial charge in [-0.15, -0.1) is 0 Å². The van der Waals surface area contributed by atoms with E-state index in [0.29, 0.717) is 5.39 Å². The summed E-state index contributed by atoms with van der Waals surface area (Å²) in [5.41, 5.74) is 1.60. The van der Waals surface area contributed by atoms with E-state index in [2.05, 4.69) is 9.97 Å². The molecule has 2 aromatic rings. The summed E-state index contributed by atoms with van der Waals surface area (Å²) >= 11 is 0. The zero-order valence-corrected chi connectivity index (χ0v) is 6.94. The minimum absolute atomic E-state index is 0.0977. The van der Waals surface area contributed by atoms with Gasteiger partial charge in [0.15, 0.2) is 0 Å². The fourth-order valence-corrected chi connectivity index (χ4v) is 1.33. The van der Waals surface area contributed by atoms with Gasteiger partial charge < -0.3 is 4.98 Å². The Morgan fingerprint density at radius 3 is 3.08 bits per heavy atom. The smallest absolute Gasteiger partial charge is 0.294 e. The average molecular weight is 177 g/mol. The second-order valence-corrected chi connectivity index (χ2v) is 2.75. The van der Waals surface area contributed by atoms with Crippen molar-refractivity contribution in [3.63, 3.8) is 0 Å². The van der Waals surface area contributed by atoms with Gasteiger partial charge in [0, 0.05) is 6.20 Å². The van der Waals surface area contributed by atoms with Gasteiger partial charge in [-0.3, -0.25) is 15.1 Å². The van der Waals surface area contributed by atoms with Crippen molar-refractivity contribution in [1.29, 1.82) is 0 Å². The zero-order valence-electron chi connectivity index (χ0n) is 6.94. The molecule has 2 aromatic heterocycles. The number of rotatable bonds is 1. The largest absolute Gasteiger partial charge is 0.354 e. The van der Waals surface area contributed by atoms with Crippen molar-refractivity contribution in [2.75, 3.05) is 0 Å². The number of H-pyrrole nitrogens is 1.